The summed E-state index contributed by atoms with van der Waals surface area (Å²) in [4.78, 5) is 24.2. The largest absolute Gasteiger partial charge is 1.00 e. The average molecular weight is 485 g/mol. The van der Waals surface area contributed by atoms with Crippen LogP contribution in [0.25, 0.3) is 0 Å². The van der Waals surface area contributed by atoms with Crippen molar-refractivity contribution in [3.63, 3.8) is 0 Å². The van der Waals surface area contributed by atoms with E-state index in [2.05, 4.69) is 42.2 Å². The van der Waals surface area contributed by atoms with Crippen molar-refractivity contribution in [2.45, 2.75) is 64.8 Å². The second kappa shape index (κ2) is 11.1. The average Bonchev–Trinajstić information content (AvgIpc) is 2.62. The van der Waals surface area contributed by atoms with Crippen molar-refractivity contribution in [2.24, 2.45) is 0 Å². The summed E-state index contributed by atoms with van der Waals surface area (Å²) in [6.07, 6.45) is 1.79. The van der Waals surface area contributed by atoms with Gasteiger partial charge in [-0.1, -0.05) is 12.1 Å². The number of ether oxygens (including phenoxy) is 1. The fourth-order valence-corrected chi connectivity index (χ4v) is 3.60. The highest BCUT2D eigenvalue weighted by atomic mass is 79.9. The van der Waals surface area contributed by atoms with Gasteiger partial charge in [0.25, 0.3) is 0 Å². The predicted molar refractivity (Wildman–Crippen MR) is 116 cm³/mol. The first-order valence-corrected chi connectivity index (χ1v) is 10.4. The lowest BCUT2D eigenvalue weighted by molar-refractivity contribution is -0.928. The molecule has 0 spiro atoms. The number of piperidine rings is 1. The molecule has 1 aromatic carbocycles. The number of alkyl carbamates (subject to hydrolysis) is 1. The quantitative estimate of drug-likeness (QED) is 0.491. The van der Waals surface area contributed by atoms with E-state index in [1.165, 1.54) is 18.4 Å². The molecule has 3 N–H and O–H groups in total. The number of hydrogen-bond donors (Lipinski definition) is 3. The molecule has 7 nitrogen and oxygen atoms in total. The zero-order chi connectivity index (χ0) is 21.7. The van der Waals surface area contributed by atoms with E-state index in [0.29, 0.717) is 11.7 Å². The summed E-state index contributed by atoms with van der Waals surface area (Å²) in [5.74, 6) is -0.283. The van der Waals surface area contributed by atoms with E-state index in [9.17, 15) is 9.59 Å². The van der Waals surface area contributed by atoms with E-state index in [0.717, 1.165) is 24.1 Å². The van der Waals surface area contributed by atoms with Crippen molar-refractivity contribution in [2.75, 3.05) is 32.5 Å². The molecule has 0 bridgehead atoms. The molecule has 0 aromatic heterocycles. The number of hydrogen-bond acceptors (Lipinski definition) is 4. The zero-order valence-electron chi connectivity index (χ0n) is 19.0. The predicted octanol–water partition coefficient (Wildman–Crippen LogP) is -0.129. The topological polar surface area (TPSA) is 79.5 Å². The lowest BCUT2D eigenvalue weighted by Gasteiger charge is -2.40. The number of carbonyl (C=O) groups excluding carboxylic acids is 2. The van der Waals surface area contributed by atoms with Crippen LogP contribution in [0.3, 0.4) is 0 Å². The smallest absolute Gasteiger partial charge is 0.408 e. The zero-order valence-corrected chi connectivity index (χ0v) is 20.6. The fraction of sp³-hybridized carbons (Fsp3) is 0.636. The van der Waals surface area contributed by atoms with E-state index >= 15 is 0 Å². The molecule has 1 atom stereocenters. The SMILES string of the molecule is CC(NC(=O)OC(C)(C)C)C(=O)Nc1ccc(C[N+](C)(C)C2CCNCC2)cc1.[Br-]. The normalized spacial score (nSPS) is 16.2. The van der Waals surface area contributed by atoms with Crippen LogP contribution in [0.15, 0.2) is 24.3 Å². The summed E-state index contributed by atoms with van der Waals surface area (Å²) < 4.78 is 6.15. The number of nitrogens with zero attached hydrogens (tertiary/aromatic N) is 1. The maximum absolute atomic E-state index is 12.3. The minimum absolute atomic E-state index is 0. The Morgan fingerprint density at radius 2 is 1.73 bits per heavy atom. The highest BCUT2D eigenvalue weighted by molar-refractivity contribution is 5.96. The van der Waals surface area contributed by atoms with Crippen molar-refractivity contribution >= 4 is 17.7 Å². The minimum Gasteiger partial charge on any atom is -1.00 e. The minimum atomic E-state index is -0.694. The van der Waals surface area contributed by atoms with Crippen LogP contribution in [-0.2, 0) is 16.1 Å². The van der Waals surface area contributed by atoms with Gasteiger partial charge in [-0.15, -0.1) is 0 Å². The van der Waals surface area contributed by atoms with Crippen LogP contribution < -0.4 is 32.9 Å². The van der Waals surface area contributed by atoms with Gasteiger partial charge in [0.15, 0.2) is 0 Å². The van der Waals surface area contributed by atoms with Gasteiger partial charge in [0.2, 0.25) is 5.91 Å². The summed E-state index contributed by atoms with van der Waals surface area (Å²) in [6, 6.07) is 7.91. The van der Waals surface area contributed by atoms with Crippen LogP contribution in [-0.4, -0.2) is 61.4 Å². The second-order valence-electron chi connectivity index (χ2n) is 9.47. The Hall–Kier alpha value is -1.64. The lowest BCUT2D eigenvalue weighted by Crippen LogP contribution is -3.00. The number of rotatable bonds is 6. The van der Waals surface area contributed by atoms with E-state index in [-0.39, 0.29) is 22.9 Å². The van der Waals surface area contributed by atoms with Crippen LogP contribution in [0.1, 0.15) is 46.1 Å². The number of anilines is 1. The Morgan fingerprint density at radius 1 is 1.17 bits per heavy atom. The first-order chi connectivity index (χ1) is 13.5. The molecule has 2 rings (SSSR count). The Kier molecular flexibility index (Phi) is 9.78. The molecular weight excluding hydrogens is 448 g/mol. The molecule has 1 aliphatic rings. The number of halogens is 1. The van der Waals surface area contributed by atoms with Gasteiger partial charge in [0.05, 0.1) is 20.1 Å². The van der Waals surface area contributed by atoms with Gasteiger partial charge in [-0.05, 0) is 39.8 Å². The van der Waals surface area contributed by atoms with Crippen molar-refractivity contribution < 1.29 is 35.8 Å². The lowest BCUT2D eigenvalue weighted by atomic mass is 10.0. The molecule has 1 unspecified atom stereocenters. The molecule has 1 aromatic rings. The summed E-state index contributed by atoms with van der Waals surface area (Å²) in [5.41, 5.74) is 1.35. The van der Waals surface area contributed by atoms with Gasteiger partial charge in [0, 0.05) is 37.2 Å². The standard InChI is InChI=1S/C22H36N4O3.BrH/c1-16(24-21(28)29-22(2,3)4)20(27)25-18-9-7-17(8-10-18)15-26(5,6)19-11-13-23-14-12-19;/h7-10,16,19,23H,11-15H2,1-6H3,(H-,24,25,27,28);1H. The van der Waals surface area contributed by atoms with Gasteiger partial charge in [0.1, 0.15) is 18.2 Å². The van der Waals surface area contributed by atoms with Crippen molar-refractivity contribution in [3.8, 4) is 0 Å². The monoisotopic (exact) mass is 484 g/mol. The molecular formula is C22H37BrN4O3. The molecule has 0 saturated carbocycles. The molecule has 30 heavy (non-hydrogen) atoms. The Labute approximate surface area is 191 Å². The summed E-state index contributed by atoms with van der Waals surface area (Å²) in [5, 5.41) is 8.82. The van der Waals surface area contributed by atoms with Crippen molar-refractivity contribution in [1.29, 1.82) is 0 Å². The van der Waals surface area contributed by atoms with Gasteiger partial charge in [-0.25, -0.2) is 4.79 Å². The highest BCUT2D eigenvalue weighted by Gasteiger charge is 2.29. The third-order valence-corrected chi connectivity index (χ3v) is 5.24. The van der Waals surface area contributed by atoms with E-state index < -0.39 is 17.7 Å². The molecule has 8 heteroatoms. The van der Waals surface area contributed by atoms with Crippen molar-refractivity contribution in [1.82, 2.24) is 10.6 Å². The maximum Gasteiger partial charge on any atom is 0.408 e. The van der Waals surface area contributed by atoms with Crippen molar-refractivity contribution in [3.05, 3.63) is 29.8 Å². The molecule has 0 aliphatic carbocycles. The fourth-order valence-electron chi connectivity index (χ4n) is 3.60. The molecule has 1 aliphatic heterocycles. The first-order valence-electron chi connectivity index (χ1n) is 10.4. The van der Waals surface area contributed by atoms with Gasteiger partial charge >= 0.3 is 6.09 Å². The number of benzene rings is 1. The van der Waals surface area contributed by atoms with Crippen LogP contribution in [0.2, 0.25) is 0 Å². The van der Waals surface area contributed by atoms with Gasteiger partial charge in [-0.3, -0.25) is 4.79 Å². The van der Waals surface area contributed by atoms with Crippen LogP contribution in [0.4, 0.5) is 10.5 Å². The number of carbonyl (C=O) groups is 2. The second-order valence-corrected chi connectivity index (χ2v) is 9.47. The third-order valence-electron chi connectivity index (χ3n) is 5.24. The molecule has 1 fully saturated rings. The number of quaternary nitrogens is 1. The third kappa shape index (κ3) is 8.62. The van der Waals surface area contributed by atoms with Gasteiger partial charge < -0.3 is 42.2 Å². The summed E-state index contributed by atoms with van der Waals surface area (Å²) in [6.45, 7) is 10.1. The molecule has 170 valence electrons. The Morgan fingerprint density at radius 3 is 2.27 bits per heavy atom. The van der Waals surface area contributed by atoms with E-state index in [1.54, 1.807) is 27.7 Å². The first kappa shape index (κ1) is 26.4. The molecule has 2 amide bonds. The van der Waals surface area contributed by atoms with Crippen LogP contribution >= 0.6 is 0 Å². The molecule has 1 saturated heterocycles. The number of nitrogens with one attached hydrogen (secondary N) is 3. The summed E-state index contributed by atoms with van der Waals surface area (Å²) >= 11 is 0. The Bertz CT molecular complexity index is 695. The highest BCUT2D eigenvalue weighted by Crippen LogP contribution is 2.21. The van der Waals surface area contributed by atoms with E-state index in [1.807, 2.05) is 12.1 Å². The maximum atomic E-state index is 12.3. The Balaban J connectivity index is 0.00000450. The van der Waals surface area contributed by atoms with Crippen LogP contribution in [0.5, 0.6) is 0 Å². The van der Waals surface area contributed by atoms with E-state index in [4.69, 9.17) is 4.74 Å². The molecule has 0 radical (unpaired) electrons. The summed E-state index contributed by atoms with van der Waals surface area (Å²) in [7, 11) is 4.57. The number of amides is 2. The molecule has 1 heterocycles. The van der Waals surface area contributed by atoms with Gasteiger partial charge in [-0.2, -0.15) is 0 Å². The van der Waals surface area contributed by atoms with Crippen LogP contribution in [0, 0.1) is 0 Å².